The number of halogens is 1. The molecule has 1 aromatic rings. The minimum atomic E-state index is -3.85. The fourth-order valence-corrected chi connectivity index (χ4v) is 2.86. The lowest BCUT2D eigenvalue weighted by atomic mass is 10.1. The molecule has 0 aliphatic rings. The Hall–Kier alpha value is -0.920. The van der Waals surface area contributed by atoms with Crippen LogP contribution in [-0.2, 0) is 10.0 Å². The highest BCUT2D eigenvalue weighted by atomic mass is 79.9. The van der Waals surface area contributed by atoms with Gasteiger partial charge in [-0.25, -0.2) is 13.6 Å². The van der Waals surface area contributed by atoms with E-state index in [1.807, 2.05) is 6.92 Å². The van der Waals surface area contributed by atoms with Crippen molar-refractivity contribution in [3.05, 3.63) is 27.7 Å². The van der Waals surface area contributed by atoms with Crippen molar-refractivity contribution in [2.24, 2.45) is 5.14 Å². The summed E-state index contributed by atoms with van der Waals surface area (Å²) in [7, 11) is -2.20. The normalized spacial score (nSPS) is 11.4. The minimum absolute atomic E-state index is 0.0373. The van der Waals surface area contributed by atoms with Crippen molar-refractivity contribution >= 4 is 31.9 Å². The predicted molar refractivity (Wildman–Crippen MR) is 72.9 cm³/mol. The Balaban J connectivity index is 3.43. The molecule has 1 aromatic carbocycles. The van der Waals surface area contributed by atoms with Crippen LogP contribution in [0.3, 0.4) is 0 Å². The number of carbonyl (C=O) groups excluding carboxylic acids is 1. The highest BCUT2D eigenvalue weighted by Crippen LogP contribution is 2.25. The van der Waals surface area contributed by atoms with Crippen LogP contribution >= 0.6 is 15.9 Å². The van der Waals surface area contributed by atoms with Gasteiger partial charge in [-0.05, 0) is 31.5 Å². The van der Waals surface area contributed by atoms with E-state index < -0.39 is 10.0 Å². The molecule has 0 saturated carbocycles. The molecule has 0 aliphatic heterocycles. The highest BCUT2D eigenvalue weighted by molar-refractivity contribution is 9.10. The van der Waals surface area contributed by atoms with Crippen molar-refractivity contribution in [3.63, 3.8) is 0 Å². The van der Waals surface area contributed by atoms with Gasteiger partial charge in [0.2, 0.25) is 10.0 Å². The molecule has 0 saturated heterocycles. The molecule has 1 rings (SSSR count). The molecule has 7 heteroatoms. The van der Waals surface area contributed by atoms with Crippen LogP contribution in [0.15, 0.2) is 21.5 Å². The summed E-state index contributed by atoms with van der Waals surface area (Å²) < 4.78 is 23.4. The number of nitrogens with two attached hydrogens (primary N) is 1. The largest absolute Gasteiger partial charge is 0.342 e. The van der Waals surface area contributed by atoms with Crippen molar-refractivity contribution in [1.82, 2.24) is 4.90 Å². The minimum Gasteiger partial charge on any atom is -0.342 e. The first-order valence-corrected chi connectivity index (χ1v) is 7.60. The molecule has 0 unspecified atom stereocenters. The Morgan fingerprint density at radius 3 is 2.44 bits per heavy atom. The molecule has 0 fully saturated rings. The average molecular weight is 335 g/mol. The van der Waals surface area contributed by atoms with E-state index in [1.165, 1.54) is 11.0 Å². The van der Waals surface area contributed by atoms with Gasteiger partial charge in [-0.2, -0.15) is 0 Å². The maximum Gasteiger partial charge on any atom is 0.253 e. The van der Waals surface area contributed by atoms with Gasteiger partial charge in [-0.15, -0.1) is 0 Å². The third-order valence-electron chi connectivity index (χ3n) is 2.67. The molecular weight excluding hydrogens is 320 g/mol. The van der Waals surface area contributed by atoms with Gasteiger partial charge in [-0.3, -0.25) is 4.79 Å². The fourth-order valence-electron chi connectivity index (χ4n) is 1.44. The molecular formula is C11H15BrN2O3S. The Morgan fingerprint density at radius 1 is 1.44 bits per heavy atom. The Bertz CT molecular complexity index is 584. The fraction of sp³-hybridized carbons (Fsp3) is 0.364. The molecule has 5 nitrogen and oxygen atoms in total. The smallest absolute Gasteiger partial charge is 0.253 e. The Labute approximate surface area is 115 Å². The maximum absolute atomic E-state index is 12.0. The van der Waals surface area contributed by atoms with Crippen LogP contribution in [0.1, 0.15) is 22.8 Å². The van der Waals surface area contributed by atoms with Crippen molar-refractivity contribution < 1.29 is 13.2 Å². The zero-order valence-corrected chi connectivity index (χ0v) is 12.8. The van der Waals surface area contributed by atoms with E-state index in [0.717, 1.165) is 0 Å². The molecule has 0 spiro atoms. The number of hydrogen-bond donors (Lipinski definition) is 1. The summed E-state index contributed by atoms with van der Waals surface area (Å²) in [4.78, 5) is 13.4. The third kappa shape index (κ3) is 3.09. The lowest BCUT2D eigenvalue weighted by molar-refractivity contribution is 0.0802. The van der Waals surface area contributed by atoms with Gasteiger partial charge in [-0.1, -0.05) is 15.9 Å². The topological polar surface area (TPSA) is 80.5 Å². The van der Waals surface area contributed by atoms with Crippen molar-refractivity contribution in [2.45, 2.75) is 18.7 Å². The summed E-state index contributed by atoms with van der Waals surface area (Å²) in [6.45, 7) is 4.00. The molecule has 0 radical (unpaired) electrons. The Morgan fingerprint density at radius 2 is 2.00 bits per heavy atom. The third-order valence-corrected chi connectivity index (χ3v) is 4.53. The second kappa shape index (κ2) is 5.38. The number of rotatable bonds is 3. The van der Waals surface area contributed by atoms with Gasteiger partial charge in [0, 0.05) is 23.6 Å². The van der Waals surface area contributed by atoms with Crippen LogP contribution in [0.25, 0.3) is 0 Å². The van der Waals surface area contributed by atoms with Gasteiger partial charge in [0.1, 0.15) is 0 Å². The molecule has 0 aromatic heterocycles. The van der Waals surface area contributed by atoms with Gasteiger partial charge in [0.05, 0.1) is 4.90 Å². The zero-order valence-electron chi connectivity index (χ0n) is 10.4. The number of nitrogens with zero attached hydrogens (tertiary/aromatic N) is 1. The van der Waals surface area contributed by atoms with Crippen molar-refractivity contribution in [2.75, 3.05) is 13.6 Å². The quantitative estimate of drug-likeness (QED) is 0.909. The Kier molecular flexibility index (Phi) is 4.52. The maximum atomic E-state index is 12.0. The van der Waals surface area contributed by atoms with E-state index in [-0.39, 0.29) is 10.8 Å². The first-order chi connectivity index (χ1) is 8.18. The number of amides is 1. The summed E-state index contributed by atoms with van der Waals surface area (Å²) in [5, 5.41) is 5.13. The second-order valence-electron chi connectivity index (χ2n) is 3.95. The van der Waals surface area contributed by atoms with E-state index in [1.54, 1.807) is 20.0 Å². The molecule has 0 bridgehead atoms. The highest BCUT2D eigenvalue weighted by Gasteiger charge is 2.19. The predicted octanol–water partition coefficient (Wildman–Crippen LogP) is 1.50. The lowest BCUT2D eigenvalue weighted by Gasteiger charge is -2.16. The van der Waals surface area contributed by atoms with Crippen molar-refractivity contribution in [3.8, 4) is 0 Å². The van der Waals surface area contributed by atoms with Gasteiger partial charge in [0.25, 0.3) is 5.91 Å². The van der Waals surface area contributed by atoms with Crippen LogP contribution < -0.4 is 5.14 Å². The van der Waals surface area contributed by atoms with Gasteiger partial charge >= 0.3 is 0 Å². The number of primary sulfonamides is 1. The van der Waals surface area contributed by atoms with Gasteiger partial charge in [0.15, 0.2) is 0 Å². The summed E-state index contributed by atoms with van der Waals surface area (Å²) >= 11 is 3.24. The molecule has 2 N–H and O–H groups in total. The van der Waals surface area contributed by atoms with E-state index >= 15 is 0 Å². The number of benzene rings is 1. The summed E-state index contributed by atoms with van der Waals surface area (Å²) in [5.74, 6) is -0.247. The molecule has 0 aliphatic carbocycles. The number of sulfonamides is 1. The van der Waals surface area contributed by atoms with Crippen LogP contribution in [0.4, 0.5) is 0 Å². The van der Waals surface area contributed by atoms with Gasteiger partial charge < -0.3 is 4.90 Å². The lowest BCUT2D eigenvalue weighted by Crippen LogP contribution is -2.26. The molecule has 0 heterocycles. The first-order valence-electron chi connectivity index (χ1n) is 5.27. The van der Waals surface area contributed by atoms with Crippen LogP contribution in [0.5, 0.6) is 0 Å². The number of carbonyl (C=O) groups is 1. The van der Waals surface area contributed by atoms with E-state index in [2.05, 4.69) is 15.9 Å². The molecule has 0 atom stereocenters. The molecule has 18 heavy (non-hydrogen) atoms. The summed E-state index contributed by atoms with van der Waals surface area (Å²) in [6.07, 6.45) is 0. The van der Waals surface area contributed by atoms with Crippen LogP contribution in [0.2, 0.25) is 0 Å². The summed E-state index contributed by atoms with van der Waals surface area (Å²) in [5.41, 5.74) is 0.786. The van der Waals surface area contributed by atoms with Crippen molar-refractivity contribution in [1.29, 1.82) is 0 Å². The van der Waals surface area contributed by atoms with Crippen LogP contribution in [-0.4, -0.2) is 32.8 Å². The standard InChI is InChI=1S/C11H15BrN2O3S/c1-4-14(3)11(15)8-5-9(12)7(2)10(6-8)18(13,16)17/h5-6H,4H2,1-3H3,(H2,13,16,17). The SMILES string of the molecule is CCN(C)C(=O)c1cc(Br)c(C)c(S(N)(=O)=O)c1. The van der Waals surface area contributed by atoms with Crippen LogP contribution in [0, 0.1) is 6.92 Å². The number of hydrogen-bond acceptors (Lipinski definition) is 3. The monoisotopic (exact) mass is 334 g/mol. The first kappa shape index (κ1) is 15.1. The van der Waals surface area contributed by atoms with E-state index in [0.29, 0.717) is 22.1 Å². The molecule has 1 amide bonds. The van der Waals surface area contributed by atoms with E-state index in [9.17, 15) is 13.2 Å². The average Bonchev–Trinajstić information content (AvgIpc) is 2.28. The second-order valence-corrected chi connectivity index (χ2v) is 6.33. The summed E-state index contributed by atoms with van der Waals surface area (Å²) in [6, 6.07) is 2.91. The zero-order chi connectivity index (χ0) is 14.1. The molecule has 100 valence electrons. The van der Waals surface area contributed by atoms with E-state index in [4.69, 9.17) is 5.14 Å².